The van der Waals surface area contributed by atoms with E-state index in [2.05, 4.69) is 218 Å². The number of fused-ring (bicyclic) bond motifs is 3. The zero-order chi connectivity index (χ0) is 43.9. The molecule has 4 heteroatoms. The summed E-state index contributed by atoms with van der Waals surface area (Å²) in [4.78, 5) is 12.3. The quantitative estimate of drug-likeness (QED) is 0.145. The van der Waals surface area contributed by atoms with Crippen LogP contribution in [0.25, 0.3) is 83.6 Å². The van der Waals surface area contributed by atoms with Crippen molar-refractivity contribution in [2.75, 3.05) is 4.90 Å². The molecule has 0 aliphatic heterocycles. The average Bonchev–Trinajstić information content (AvgIpc) is 3.69. The van der Waals surface area contributed by atoms with Crippen LogP contribution in [0.2, 0.25) is 0 Å². The molecule has 11 aromatic rings. The van der Waals surface area contributed by atoms with E-state index in [-0.39, 0.29) is 0 Å². The smallest absolute Gasteiger partial charge is 0.160 e. The van der Waals surface area contributed by atoms with Gasteiger partial charge in [-0.3, -0.25) is 0 Å². The number of nitrogens with zero attached hydrogens (tertiary/aromatic N) is 4. The van der Waals surface area contributed by atoms with E-state index in [1.807, 2.05) is 36.4 Å². The van der Waals surface area contributed by atoms with Crippen LogP contribution in [0.4, 0.5) is 17.1 Å². The Hall–Kier alpha value is -8.34. The Morgan fingerprint density at radius 2 is 0.800 bits per heavy atom. The van der Waals surface area contributed by atoms with E-state index in [0.717, 1.165) is 50.7 Å². The standard InChI is InChI=1S/C61H46N4/c1-41-18-31-51(32-19-41)64(52-33-20-42(2)21-34-52)53-35-37-60-55(39-53)54-16-10-11-17-59(54)65(60)58-36-30-50(38-43(58)3)46-24-22-44(23-25-46)45-26-28-48(29-27-45)57-40-56(47-12-6-4-7-13-47)62-61(63-57)49-14-8-5-9-15-49/h4-40H,1-3H3. The molecule has 0 saturated carbocycles. The normalized spacial score (nSPS) is 11.3. The van der Waals surface area contributed by atoms with Crippen LogP contribution >= 0.6 is 0 Å². The van der Waals surface area contributed by atoms with E-state index in [1.54, 1.807) is 0 Å². The lowest BCUT2D eigenvalue weighted by molar-refractivity contribution is 1.15. The summed E-state index contributed by atoms with van der Waals surface area (Å²) in [7, 11) is 0. The third-order valence-electron chi connectivity index (χ3n) is 12.5. The van der Waals surface area contributed by atoms with Gasteiger partial charge in [0, 0.05) is 50.2 Å². The van der Waals surface area contributed by atoms with Crippen molar-refractivity contribution in [1.82, 2.24) is 14.5 Å². The summed E-state index contributed by atoms with van der Waals surface area (Å²) < 4.78 is 2.43. The summed E-state index contributed by atoms with van der Waals surface area (Å²) in [5, 5.41) is 2.45. The van der Waals surface area contributed by atoms with Crippen molar-refractivity contribution in [3.63, 3.8) is 0 Å². The SMILES string of the molecule is Cc1ccc(N(c2ccc(C)cc2)c2ccc3c(c2)c2ccccc2n3-c2ccc(-c3ccc(-c4ccc(-c5cc(-c6ccccc6)nc(-c6ccccc6)n5)cc4)cc3)cc2C)cc1. The highest BCUT2D eigenvalue weighted by molar-refractivity contribution is 6.11. The van der Waals surface area contributed by atoms with Crippen molar-refractivity contribution in [3.05, 3.63) is 241 Å². The Labute approximate surface area is 380 Å². The number of hydrogen-bond donors (Lipinski definition) is 0. The van der Waals surface area contributed by atoms with Crippen LogP contribution in [0.15, 0.2) is 224 Å². The summed E-state index contributed by atoms with van der Waals surface area (Å²) in [6.07, 6.45) is 0. The van der Waals surface area contributed by atoms with E-state index >= 15 is 0 Å². The Morgan fingerprint density at radius 3 is 1.38 bits per heavy atom. The number of hydrogen-bond acceptors (Lipinski definition) is 3. The van der Waals surface area contributed by atoms with Crippen molar-refractivity contribution in [2.24, 2.45) is 0 Å². The Morgan fingerprint density at radius 1 is 0.338 bits per heavy atom. The second-order valence-corrected chi connectivity index (χ2v) is 16.9. The first kappa shape index (κ1) is 39.5. The highest BCUT2D eigenvalue weighted by atomic mass is 15.1. The van der Waals surface area contributed by atoms with Crippen LogP contribution in [-0.4, -0.2) is 14.5 Å². The molecule has 310 valence electrons. The molecule has 9 aromatic carbocycles. The molecule has 0 fully saturated rings. The lowest BCUT2D eigenvalue weighted by Crippen LogP contribution is -2.10. The predicted molar refractivity (Wildman–Crippen MR) is 272 cm³/mol. The molecule has 0 aliphatic carbocycles. The molecule has 4 nitrogen and oxygen atoms in total. The van der Waals surface area contributed by atoms with Crippen molar-refractivity contribution >= 4 is 38.9 Å². The van der Waals surface area contributed by atoms with E-state index < -0.39 is 0 Å². The molecule has 2 aromatic heterocycles. The molecule has 0 radical (unpaired) electrons. The third-order valence-corrected chi connectivity index (χ3v) is 12.5. The molecular weight excluding hydrogens is 789 g/mol. The summed E-state index contributed by atoms with van der Waals surface area (Å²) in [5.74, 6) is 0.716. The van der Waals surface area contributed by atoms with Gasteiger partial charge in [-0.05, 0) is 115 Å². The first-order valence-electron chi connectivity index (χ1n) is 22.2. The fraction of sp³-hybridized carbons (Fsp3) is 0.0492. The zero-order valence-electron chi connectivity index (χ0n) is 36.7. The molecule has 0 N–H and O–H groups in total. The molecule has 2 heterocycles. The monoisotopic (exact) mass is 834 g/mol. The number of benzene rings is 9. The van der Waals surface area contributed by atoms with Crippen LogP contribution in [0.5, 0.6) is 0 Å². The van der Waals surface area contributed by atoms with Crippen molar-refractivity contribution in [2.45, 2.75) is 20.8 Å². The third kappa shape index (κ3) is 7.66. The van der Waals surface area contributed by atoms with Crippen LogP contribution in [0.1, 0.15) is 16.7 Å². The first-order chi connectivity index (χ1) is 31.9. The molecule has 0 bridgehead atoms. The summed E-state index contributed by atoms with van der Waals surface area (Å²) >= 11 is 0. The van der Waals surface area contributed by atoms with Crippen LogP contribution in [-0.2, 0) is 0 Å². The van der Waals surface area contributed by atoms with Crippen molar-refractivity contribution in [1.29, 1.82) is 0 Å². The lowest BCUT2D eigenvalue weighted by atomic mass is 9.97. The van der Waals surface area contributed by atoms with Crippen molar-refractivity contribution in [3.8, 4) is 61.8 Å². The second kappa shape index (κ2) is 16.7. The molecule has 0 amide bonds. The van der Waals surface area contributed by atoms with Gasteiger partial charge in [0.2, 0.25) is 0 Å². The van der Waals surface area contributed by atoms with Crippen molar-refractivity contribution < 1.29 is 0 Å². The highest BCUT2D eigenvalue weighted by Crippen LogP contribution is 2.41. The minimum absolute atomic E-state index is 0.716. The number of anilines is 3. The minimum atomic E-state index is 0.716. The molecule has 0 atom stereocenters. The number of aryl methyl sites for hydroxylation is 3. The number of para-hydroxylation sites is 1. The summed E-state index contributed by atoms with van der Waals surface area (Å²) in [6, 6.07) is 80.3. The van der Waals surface area contributed by atoms with E-state index in [1.165, 1.54) is 60.9 Å². The molecular formula is C61H46N4. The fourth-order valence-corrected chi connectivity index (χ4v) is 9.04. The van der Waals surface area contributed by atoms with E-state index in [0.29, 0.717) is 5.82 Å². The largest absolute Gasteiger partial charge is 0.310 e. The van der Waals surface area contributed by atoms with Crippen LogP contribution in [0.3, 0.4) is 0 Å². The van der Waals surface area contributed by atoms with Gasteiger partial charge >= 0.3 is 0 Å². The van der Waals surface area contributed by atoms with E-state index in [4.69, 9.17) is 9.97 Å². The van der Waals surface area contributed by atoms with Gasteiger partial charge in [-0.2, -0.15) is 0 Å². The summed E-state index contributed by atoms with van der Waals surface area (Å²) in [6.45, 7) is 6.50. The van der Waals surface area contributed by atoms with Gasteiger partial charge in [0.1, 0.15) is 0 Å². The second-order valence-electron chi connectivity index (χ2n) is 16.9. The molecule has 0 spiro atoms. The minimum Gasteiger partial charge on any atom is -0.310 e. The number of aromatic nitrogens is 3. The van der Waals surface area contributed by atoms with Crippen LogP contribution < -0.4 is 4.90 Å². The van der Waals surface area contributed by atoms with Gasteiger partial charge in [-0.25, -0.2) is 9.97 Å². The molecule has 11 rings (SSSR count). The Kier molecular flexibility index (Phi) is 10.2. The average molecular weight is 835 g/mol. The maximum absolute atomic E-state index is 5.03. The van der Waals surface area contributed by atoms with Gasteiger partial charge in [0.15, 0.2) is 5.82 Å². The van der Waals surface area contributed by atoms with Crippen LogP contribution in [0, 0.1) is 20.8 Å². The molecule has 65 heavy (non-hydrogen) atoms. The Balaban J connectivity index is 0.889. The highest BCUT2D eigenvalue weighted by Gasteiger charge is 2.19. The van der Waals surface area contributed by atoms with Gasteiger partial charge in [0.25, 0.3) is 0 Å². The van der Waals surface area contributed by atoms with E-state index in [9.17, 15) is 0 Å². The Bertz CT molecular complexity index is 3360. The zero-order valence-corrected chi connectivity index (χ0v) is 36.7. The van der Waals surface area contributed by atoms with Gasteiger partial charge in [0.05, 0.1) is 22.4 Å². The maximum Gasteiger partial charge on any atom is 0.160 e. The predicted octanol–water partition coefficient (Wildman–Crippen LogP) is 16.3. The lowest BCUT2D eigenvalue weighted by Gasteiger charge is -2.26. The molecule has 0 unspecified atom stereocenters. The topological polar surface area (TPSA) is 34.0 Å². The molecule has 0 saturated heterocycles. The first-order valence-corrected chi connectivity index (χ1v) is 22.2. The van der Waals surface area contributed by atoms with Gasteiger partial charge < -0.3 is 9.47 Å². The number of rotatable bonds is 9. The maximum atomic E-state index is 5.03. The summed E-state index contributed by atoms with van der Waals surface area (Å²) in [5.41, 5.74) is 20.2. The van der Waals surface area contributed by atoms with Gasteiger partial charge in [-0.15, -0.1) is 0 Å². The fourth-order valence-electron chi connectivity index (χ4n) is 9.04. The molecule has 0 aliphatic rings. The van der Waals surface area contributed by atoms with Gasteiger partial charge in [-0.1, -0.05) is 169 Å².